The van der Waals surface area contributed by atoms with Gasteiger partial charge in [0.25, 0.3) is 0 Å². The van der Waals surface area contributed by atoms with Gasteiger partial charge in [0.05, 0.1) is 13.2 Å². The molecule has 0 unspecified atom stereocenters. The number of carbonyl (C=O) groups is 1. The highest BCUT2D eigenvalue weighted by atomic mass is 16.6. The summed E-state index contributed by atoms with van der Waals surface area (Å²) in [5.41, 5.74) is 0.826. The fourth-order valence-electron chi connectivity index (χ4n) is 1.43. The molecule has 0 aliphatic heterocycles. The first-order chi connectivity index (χ1) is 8.74. The Bertz CT molecular complexity index is 472. The molecule has 1 aromatic carbocycles. The molecule has 4 nitrogen and oxygen atoms in total. The number of esters is 1. The van der Waals surface area contributed by atoms with E-state index >= 15 is 0 Å². The average Bonchev–Trinajstić information content (AvgIpc) is 2.40. The molecule has 0 atom stereocenters. The highest BCUT2D eigenvalue weighted by Crippen LogP contribution is 2.19. The van der Waals surface area contributed by atoms with Gasteiger partial charge in [0.1, 0.15) is 11.6 Å². The smallest absolute Gasteiger partial charge is 0.375 e. The van der Waals surface area contributed by atoms with Crippen molar-refractivity contribution in [2.45, 2.75) is 13.8 Å². The molecule has 0 heterocycles. The number of hydrogen-bond donors (Lipinski definition) is 0. The lowest BCUT2D eigenvalue weighted by Crippen LogP contribution is -2.12. The Hall–Kier alpha value is -2.28. The van der Waals surface area contributed by atoms with Gasteiger partial charge < -0.3 is 9.47 Å². The van der Waals surface area contributed by atoms with Crippen LogP contribution in [0, 0.1) is 11.3 Å². The highest BCUT2D eigenvalue weighted by molar-refractivity contribution is 5.99. The van der Waals surface area contributed by atoms with Crippen molar-refractivity contribution in [3.8, 4) is 6.07 Å². The van der Waals surface area contributed by atoms with Gasteiger partial charge in [-0.3, -0.25) is 0 Å². The van der Waals surface area contributed by atoms with Gasteiger partial charge in [-0.15, -0.1) is 0 Å². The van der Waals surface area contributed by atoms with E-state index in [0.29, 0.717) is 12.2 Å². The summed E-state index contributed by atoms with van der Waals surface area (Å²) in [6.45, 7) is 3.99. The van der Waals surface area contributed by atoms with Crippen molar-refractivity contribution >= 4 is 11.5 Å². The van der Waals surface area contributed by atoms with E-state index in [2.05, 4.69) is 0 Å². The lowest BCUT2D eigenvalue weighted by atomic mass is 10.1. The molecule has 0 aliphatic rings. The molecule has 0 saturated heterocycles. The van der Waals surface area contributed by atoms with Gasteiger partial charge in [-0.1, -0.05) is 30.3 Å². The van der Waals surface area contributed by atoms with Gasteiger partial charge in [0.15, 0.2) is 0 Å². The molecule has 0 spiro atoms. The van der Waals surface area contributed by atoms with E-state index in [1.807, 2.05) is 12.1 Å². The lowest BCUT2D eigenvalue weighted by molar-refractivity contribution is -0.142. The van der Waals surface area contributed by atoms with Crippen LogP contribution in [0.1, 0.15) is 19.4 Å². The van der Waals surface area contributed by atoms with Crippen LogP contribution in [0.25, 0.3) is 5.57 Å². The quantitative estimate of drug-likeness (QED) is 0.346. The van der Waals surface area contributed by atoms with E-state index in [9.17, 15) is 10.1 Å². The lowest BCUT2D eigenvalue weighted by Gasteiger charge is -2.10. The Labute approximate surface area is 106 Å². The van der Waals surface area contributed by atoms with Crippen LogP contribution < -0.4 is 0 Å². The normalized spacial score (nSPS) is 11.2. The molecular formula is C14H15NO3. The Morgan fingerprint density at radius 1 is 1.17 bits per heavy atom. The van der Waals surface area contributed by atoms with Crippen LogP contribution in [0.2, 0.25) is 0 Å². The number of nitriles is 1. The molecule has 1 aromatic rings. The standard InChI is InChI=1S/C14H15NO3/c1-3-17-13(14(16)18-4-2)12(10-15)11-8-6-5-7-9-11/h5-9H,3-4H2,1-2H3/b13-12-. The number of hydrogen-bond acceptors (Lipinski definition) is 4. The third-order valence-corrected chi connectivity index (χ3v) is 2.15. The van der Waals surface area contributed by atoms with Crippen LogP contribution in [0.3, 0.4) is 0 Å². The zero-order chi connectivity index (χ0) is 13.4. The monoisotopic (exact) mass is 245 g/mol. The molecule has 0 saturated carbocycles. The third-order valence-electron chi connectivity index (χ3n) is 2.15. The second-order valence-corrected chi connectivity index (χ2v) is 3.34. The zero-order valence-electron chi connectivity index (χ0n) is 10.5. The summed E-state index contributed by atoms with van der Waals surface area (Å²) in [4.78, 5) is 11.8. The van der Waals surface area contributed by atoms with Gasteiger partial charge in [0.2, 0.25) is 5.76 Å². The van der Waals surface area contributed by atoms with Gasteiger partial charge in [-0.05, 0) is 19.4 Å². The molecule has 0 aliphatic carbocycles. The summed E-state index contributed by atoms with van der Waals surface area (Å²) in [5.74, 6) is -0.646. The van der Waals surface area contributed by atoms with Crippen molar-refractivity contribution in [1.29, 1.82) is 5.26 Å². The molecule has 4 heteroatoms. The van der Waals surface area contributed by atoms with Crippen molar-refractivity contribution < 1.29 is 14.3 Å². The molecule has 0 aromatic heterocycles. The van der Waals surface area contributed by atoms with Crippen molar-refractivity contribution in [3.63, 3.8) is 0 Å². The van der Waals surface area contributed by atoms with Gasteiger partial charge in [0, 0.05) is 0 Å². The maximum Gasteiger partial charge on any atom is 0.375 e. The summed E-state index contributed by atoms with van der Waals surface area (Å²) in [5, 5.41) is 9.20. The van der Waals surface area contributed by atoms with Crippen molar-refractivity contribution in [2.24, 2.45) is 0 Å². The first kappa shape index (κ1) is 13.8. The molecule has 0 radical (unpaired) electrons. The molecule has 0 amide bonds. The van der Waals surface area contributed by atoms with Crippen LogP contribution in [0.5, 0.6) is 0 Å². The number of carbonyl (C=O) groups excluding carboxylic acids is 1. The molecule has 0 fully saturated rings. The minimum Gasteiger partial charge on any atom is -0.486 e. The Morgan fingerprint density at radius 3 is 2.28 bits per heavy atom. The summed E-state index contributed by atoms with van der Waals surface area (Å²) in [6, 6.07) is 10.9. The highest BCUT2D eigenvalue weighted by Gasteiger charge is 2.19. The van der Waals surface area contributed by atoms with Crippen LogP contribution in [0.15, 0.2) is 36.1 Å². The van der Waals surface area contributed by atoms with E-state index < -0.39 is 5.97 Å². The number of allylic oxidation sites excluding steroid dienone is 1. The van der Waals surface area contributed by atoms with Crippen molar-refractivity contribution in [1.82, 2.24) is 0 Å². The largest absolute Gasteiger partial charge is 0.486 e. The molecule has 94 valence electrons. The van der Waals surface area contributed by atoms with Crippen LogP contribution in [-0.4, -0.2) is 19.2 Å². The molecule has 1 rings (SSSR count). The summed E-state index contributed by atoms with van der Waals surface area (Å²) < 4.78 is 10.1. The van der Waals surface area contributed by atoms with Crippen molar-refractivity contribution in [3.05, 3.63) is 41.7 Å². The average molecular weight is 245 g/mol. The Balaban J connectivity index is 3.23. The summed E-state index contributed by atoms with van der Waals surface area (Å²) in [6.07, 6.45) is 0. The molecule has 18 heavy (non-hydrogen) atoms. The molecular weight excluding hydrogens is 230 g/mol. The number of nitrogens with zero attached hydrogens (tertiary/aromatic N) is 1. The van der Waals surface area contributed by atoms with Crippen LogP contribution in [-0.2, 0) is 14.3 Å². The topological polar surface area (TPSA) is 59.3 Å². The second-order valence-electron chi connectivity index (χ2n) is 3.34. The summed E-state index contributed by atoms with van der Waals surface area (Å²) in [7, 11) is 0. The predicted octanol–water partition coefficient (Wildman–Crippen LogP) is 2.52. The molecule has 0 bridgehead atoms. The van der Waals surface area contributed by atoms with Crippen molar-refractivity contribution in [2.75, 3.05) is 13.2 Å². The predicted molar refractivity (Wildman–Crippen MR) is 67.2 cm³/mol. The van der Waals surface area contributed by atoms with E-state index in [4.69, 9.17) is 9.47 Å². The van der Waals surface area contributed by atoms with Gasteiger partial charge in [-0.25, -0.2) is 4.79 Å². The number of rotatable bonds is 5. The van der Waals surface area contributed by atoms with Crippen LogP contribution >= 0.6 is 0 Å². The van der Waals surface area contributed by atoms with E-state index in [1.54, 1.807) is 38.1 Å². The summed E-state index contributed by atoms with van der Waals surface area (Å²) >= 11 is 0. The molecule has 0 N–H and O–H groups in total. The van der Waals surface area contributed by atoms with E-state index in [1.165, 1.54) is 0 Å². The third kappa shape index (κ3) is 3.36. The first-order valence-corrected chi connectivity index (χ1v) is 5.74. The maximum atomic E-state index is 11.8. The van der Waals surface area contributed by atoms with Gasteiger partial charge in [-0.2, -0.15) is 5.26 Å². The SMILES string of the molecule is CCOC(=O)/C(OCC)=C(\C#N)c1ccccc1. The zero-order valence-corrected chi connectivity index (χ0v) is 10.5. The first-order valence-electron chi connectivity index (χ1n) is 5.74. The van der Waals surface area contributed by atoms with Gasteiger partial charge >= 0.3 is 5.97 Å². The number of ether oxygens (including phenoxy) is 2. The second kappa shape index (κ2) is 7.13. The minimum atomic E-state index is -0.611. The Morgan fingerprint density at radius 2 is 1.78 bits per heavy atom. The maximum absolute atomic E-state index is 11.8. The fourth-order valence-corrected chi connectivity index (χ4v) is 1.43. The Kier molecular flexibility index (Phi) is 5.46. The van der Waals surface area contributed by atoms with Crippen LogP contribution in [0.4, 0.5) is 0 Å². The fraction of sp³-hybridized carbons (Fsp3) is 0.286. The van der Waals surface area contributed by atoms with E-state index in [-0.39, 0.29) is 17.9 Å². The van der Waals surface area contributed by atoms with E-state index in [0.717, 1.165) is 0 Å². The number of benzene rings is 1. The minimum absolute atomic E-state index is 0.0342.